The van der Waals surface area contributed by atoms with E-state index in [0.29, 0.717) is 17.9 Å². The van der Waals surface area contributed by atoms with E-state index in [-0.39, 0.29) is 5.91 Å². The Balaban J connectivity index is 2.03. The van der Waals surface area contributed by atoms with Crippen LogP contribution in [0.1, 0.15) is 15.9 Å². The monoisotopic (exact) mass is 362 g/mol. The molecular weight excluding hydrogens is 344 g/mol. The van der Waals surface area contributed by atoms with Crippen molar-refractivity contribution >= 4 is 27.5 Å². The second kappa shape index (κ2) is 7.31. The molecule has 2 aromatic rings. The number of hydrogen-bond donors (Lipinski definition) is 1. The van der Waals surface area contributed by atoms with Crippen LogP contribution in [-0.2, 0) is 6.54 Å². The Kier molecular flexibility index (Phi) is 5.44. The summed E-state index contributed by atoms with van der Waals surface area (Å²) in [4.78, 5) is 14.3. The topological polar surface area (TPSA) is 41.6 Å². The molecule has 0 aliphatic rings. The van der Waals surface area contributed by atoms with Gasteiger partial charge in [-0.1, -0.05) is 12.1 Å². The molecule has 2 rings (SSSR count). The van der Waals surface area contributed by atoms with E-state index in [1.54, 1.807) is 25.3 Å². The van der Waals surface area contributed by atoms with Crippen LogP contribution in [-0.4, -0.2) is 27.1 Å². The van der Waals surface area contributed by atoms with Gasteiger partial charge in [-0.05, 0) is 51.8 Å². The summed E-state index contributed by atoms with van der Waals surface area (Å²) >= 11 is 3.39. The van der Waals surface area contributed by atoms with Gasteiger partial charge in [0.1, 0.15) is 5.75 Å². The first-order chi connectivity index (χ1) is 10.5. The minimum Gasteiger partial charge on any atom is -0.497 e. The number of hydrogen-bond acceptors (Lipinski definition) is 3. The molecule has 1 N–H and O–H groups in total. The third-order valence-electron chi connectivity index (χ3n) is 3.32. The molecule has 1 amide bonds. The van der Waals surface area contributed by atoms with Crippen molar-refractivity contribution in [3.8, 4) is 5.75 Å². The molecule has 0 aromatic heterocycles. The van der Waals surface area contributed by atoms with Gasteiger partial charge >= 0.3 is 0 Å². The van der Waals surface area contributed by atoms with Crippen molar-refractivity contribution in [1.82, 2.24) is 5.32 Å². The van der Waals surface area contributed by atoms with Gasteiger partial charge in [-0.25, -0.2) is 0 Å². The summed E-state index contributed by atoms with van der Waals surface area (Å²) in [6, 6.07) is 13.4. The van der Waals surface area contributed by atoms with Crippen LogP contribution in [0, 0.1) is 0 Å². The van der Waals surface area contributed by atoms with Crippen molar-refractivity contribution in [3.05, 3.63) is 58.1 Å². The molecule has 0 unspecified atom stereocenters. The Bertz CT molecular complexity index is 654. The van der Waals surface area contributed by atoms with E-state index < -0.39 is 0 Å². The van der Waals surface area contributed by atoms with E-state index in [1.807, 2.05) is 43.3 Å². The minimum absolute atomic E-state index is 0.137. The molecule has 0 saturated carbocycles. The fraction of sp³-hybridized carbons (Fsp3) is 0.235. The standard InChI is InChI=1S/C17H19BrN2O2/c1-20(2)13-6-4-12(5-7-13)11-19-17(21)15-10-14(22-3)8-9-16(15)18/h4-10H,11H2,1-3H3,(H,19,21). The second-order valence-corrected chi connectivity index (χ2v) is 5.94. The number of anilines is 1. The molecule has 0 atom stereocenters. The summed E-state index contributed by atoms with van der Waals surface area (Å²) in [5.74, 6) is 0.520. The average molecular weight is 363 g/mol. The summed E-state index contributed by atoms with van der Waals surface area (Å²) in [5, 5.41) is 2.92. The van der Waals surface area contributed by atoms with E-state index in [4.69, 9.17) is 4.74 Å². The van der Waals surface area contributed by atoms with Crippen molar-refractivity contribution in [3.63, 3.8) is 0 Å². The first kappa shape index (κ1) is 16.4. The lowest BCUT2D eigenvalue weighted by Crippen LogP contribution is -2.23. The molecule has 116 valence electrons. The molecule has 0 saturated heterocycles. The third-order valence-corrected chi connectivity index (χ3v) is 4.02. The maximum atomic E-state index is 12.3. The Morgan fingerprint density at radius 3 is 2.45 bits per heavy atom. The lowest BCUT2D eigenvalue weighted by Gasteiger charge is -2.13. The minimum atomic E-state index is -0.137. The molecule has 0 heterocycles. The van der Waals surface area contributed by atoms with Crippen LogP contribution in [0.2, 0.25) is 0 Å². The van der Waals surface area contributed by atoms with Crippen molar-refractivity contribution < 1.29 is 9.53 Å². The number of ether oxygens (including phenoxy) is 1. The highest BCUT2D eigenvalue weighted by Gasteiger charge is 2.11. The average Bonchev–Trinajstić information content (AvgIpc) is 2.53. The lowest BCUT2D eigenvalue weighted by atomic mass is 10.1. The quantitative estimate of drug-likeness (QED) is 0.885. The zero-order valence-electron chi connectivity index (χ0n) is 12.9. The molecule has 0 aliphatic carbocycles. The zero-order chi connectivity index (χ0) is 16.1. The van der Waals surface area contributed by atoms with Gasteiger partial charge in [-0.15, -0.1) is 0 Å². The first-order valence-corrected chi connectivity index (χ1v) is 7.68. The summed E-state index contributed by atoms with van der Waals surface area (Å²) in [6.07, 6.45) is 0. The molecule has 0 bridgehead atoms. The largest absolute Gasteiger partial charge is 0.497 e. The summed E-state index contributed by atoms with van der Waals surface area (Å²) in [7, 11) is 5.57. The Labute approximate surface area is 139 Å². The van der Waals surface area contributed by atoms with Crippen LogP contribution in [0.4, 0.5) is 5.69 Å². The van der Waals surface area contributed by atoms with Gasteiger partial charge < -0.3 is 15.0 Å². The number of nitrogens with one attached hydrogen (secondary N) is 1. The van der Waals surface area contributed by atoms with Crippen LogP contribution >= 0.6 is 15.9 Å². The highest BCUT2D eigenvalue weighted by molar-refractivity contribution is 9.10. The number of nitrogens with zero attached hydrogens (tertiary/aromatic N) is 1. The third kappa shape index (κ3) is 4.01. The molecule has 5 heteroatoms. The van der Waals surface area contributed by atoms with Crippen molar-refractivity contribution in [2.75, 3.05) is 26.1 Å². The van der Waals surface area contributed by atoms with E-state index in [2.05, 4.69) is 21.2 Å². The fourth-order valence-electron chi connectivity index (χ4n) is 1.99. The summed E-state index contributed by atoms with van der Waals surface area (Å²) in [6.45, 7) is 0.482. The number of methoxy groups -OCH3 is 1. The Morgan fingerprint density at radius 2 is 1.86 bits per heavy atom. The number of halogens is 1. The smallest absolute Gasteiger partial charge is 0.252 e. The zero-order valence-corrected chi connectivity index (χ0v) is 14.5. The van der Waals surface area contributed by atoms with Crippen LogP contribution < -0.4 is 15.0 Å². The summed E-state index contributed by atoms with van der Waals surface area (Å²) in [5.41, 5.74) is 2.74. The lowest BCUT2D eigenvalue weighted by molar-refractivity contribution is 0.0950. The van der Waals surface area contributed by atoms with Crippen molar-refractivity contribution in [2.45, 2.75) is 6.54 Å². The van der Waals surface area contributed by atoms with Crippen molar-refractivity contribution in [1.29, 1.82) is 0 Å². The number of rotatable bonds is 5. The van der Waals surface area contributed by atoms with Gasteiger partial charge in [0.05, 0.1) is 12.7 Å². The van der Waals surface area contributed by atoms with Gasteiger partial charge in [0.25, 0.3) is 5.91 Å². The van der Waals surface area contributed by atoms with E-state index in [9.17, 15) is 4.79 Å². The van der Waals surface area contributed by atoms with E-state index in [0.717, 1.165) is 15.7 Å². The molecule has 0 fully saturated rings. The number of benzene rings is 2. The van der Waals surface area contributed by atoms with Crippen LogP contribution in [0.5, 0.6) is 5.75 Å². The number of amides is 1. The molecule has 4 nitrogen and oxygen atoms in total. The maximum Gasteiger partial charge on any atom is 0.252 e. The second-order valence-electron chi connectivity index (χ2n) is 5.09. The van der Waals surface area contributed by atoms with E-state index in [1.165, 1.54) is 0 Å². The SMILES string of the molecule is COc1ccc(Br)c(C(=O)NCc2ccc(N(C)C)cc2)c1. The fourth-order valence-corrected chi connectivity index (χ4v) is 2.42. The van der Waals surface area contributed by atoms with Crippen LogP contribution in [0.3, 0.4) is 0 Å². The Morgan fingerprint density at radius 1 is 1.18 bits per heavy atom. The molecule has 0 spiro atoms. The van der Waals surface area contributed by atoms with Gasteiger partial charge in [0.15, 0.2) is 0 Å². The maximum absolute atomic E-state index is 12.3. The van der Waals surface area contributed by atoms with Crippen LogP contribution in [0.25, 0.3) is 0 Å². The molecule has 0 aliphatic heterocycles. The van der Waals surface area contributed by atoms with Gasteiger partial charge in [-0.3, -0.25) is 4.79 Å². The molecule has 2 aromatic carbocycles. The number of carbonyl (C=O) groups excluding carboxylic acids is 1. The molecule has 22 heavy (non-hydrogen) atoms. The van der Waals surface area contributed by atoms with Gasteiger partial charge in [-0.2, -0.15) is 0 Å². The highest BCUT2D eigenvalue weighted by Crippen LogP contribution is 2.22. The first-order valence-electron chi connectivity index (χ1n) is 6.89. The van der Waals surface area contributed by atoms with Crippen LogP contribution in [0.15, 0.2) is 46.9 Å². The van der Waals surface area contributed by atoms with Crippen molar-refractivity contribution in [2.24, 2.45) is 0 Å². The molecular formula is C17H19BrN2O2. The highest BCUT2D eigenvalue weighted by atomic mass is 79.9. The molecule has 0 radical (unpaired) electrons. The van der Waals surface area contributed by atoms with Gasteiger partial charge in [0.2, 0.25) is 0 Å². The number of carbonyl (C=O) groups is 1. The summed E-state index contributed by atoms with van der Waals surface area (Å²) < 4.78 is 5.90. The normalized spacial score (nSPS) is 10.2. The van der Waals surface area contributed by atoms with Gasteiger partial charge in [0, 0.05) is 30.8 Å². The predicted octanol–water partition coefficient (Wildman–Crippen LogP) is 3.45. The Hall–Kier alpha value is -2.01. The predicted molar refractivity (Wildman–Crippen MR) is 92.6 cm³/mol. The van der Waals surface area contributed by atoms with E-state index >= 15 is 0 Å².